The summed E-state index contributed by atoms with van der Waals surface area (Å²) >= 11 is 0. The summed E-state index contributed by atoms with van der Waals surface area (Å²) < 4.78 is 4.51. The Kier molecular flexibility index (Phi) is 6.06. The average molecular weight is 590 g/mol. The Morgan fingerprint density at radius 1 is 0.413 bits per heavy atom. The van der Waals surface area contributed by atoms with E-state index in [-0.39, 0.29) is 0 Å². The first-order valence-electron chi connectivity index (χ1n) is 15.4. The van der Waals surface area contributed by atoms with Crippen molar-refractivity contribution in [3.63, 3.8) is 0 Å². The van der Waals surface area contributed by atoms with E-state index in [1.807, 2.05) is 24.3 Å². The largest absolute Gasteiger partial charge is 0.306 e. The van der Waals surface area contributed by atoms with Crippen LogP contribution in [0.1, 0.15) is 0 Å². The van der Waals surface area contributed by atoms with E-state index in [4.69, 9.17) is 15.0 Å². The molecule has 0 aliphatic rings. The van der Waals surface area contributed by atoms with Crippen LogP contribution >= 0.6 is 0 Å². The van der Waals surface area contributed by atoms with Crippen molar-refractivity contribution in [2.75, 3.05) is 0 Å². The molecule has 0 radical (unpaired) electrons. The molecule has 0 aliphatic carbocycles. The second-order valence-corrected chi connectivity index (χ2v) is 11.3. The lowest BCUT2D eigenvalue weighted by atomic mass is 10.1. The SMILES string of the molecule is c1ccc(-c2nc(-c3cccc(-c4nc5ccccc5n4-c4ccccc4)c3)nc3c4ccccc4n(-c4ccccc4)c23)cc1. The lowest BCUT2D eigenvalue weighted by molar-refractivity contribution is 1.10. The minimum absolute atomic E-state index is 0.673. The molecule has 0 atom stereocenters. The van der Waals surface area contributed by atoms with Crippen molar-refractivity contribution in [3.8, 4) is 45.4 Å². The van der Waals surface area contributed by atoms with Gasteiger partial charge in [-0.05, 0) is 48.5 Å². The Labute approximate surface area is 265 Å². The van der Waals surface area contributed by atoms with Gasteiger partial charge in [-0.15, -0.1) is 0 Å². The zero-order chi connectivity index (χ0) is 30.5. The zero-order valence-corrected chi connectivity index (χ0v) is 24.8. The van der Waals surface area contributed by atoms with Crippen molar-refractivity contribution in [2.45, 2.75) is 0 Å². The van der Waals surface area contributed by atoms with Gasteiger partial charge in [0.1, 0.15) is 11.3 Å². The molecule has 0 fully saturated rings. The highest BCUT2D eigenvalue weighted by Gasteiger charge is 2.21. The summed E-state index contributed by atoms with van der Waals surface area (Å²) in [6.07, 6.45) is 0. The molecule has 0 N–H and O–H groups in total. The van der Waals surface area contributed by atoms with Gasteiger partial charge in [0.25, 0.3) is 0 Å². The monoisotopic (exact) mass is 589 g/mol. The summed E-state index contributed by atoms with van der Waals surface area (Å²) in [4.78, 5) is 15.7. The van der Waals surface area contributed by atoms with Crippen LogP contribution in [0.2, 0.25) is 0 Å². The second kappa shape index (κ2) is 10.7. The van der Waals surface area contributed by atoms with Crippen LogP contribution in [0, 0.1) is 0 Å². The molecule has 0 saturated carbocycles. The number of nitrogens with zero attached hydrogens (tertiary/aromatic N) is 5. The predicted molar refractivity (Wildman–Crippen MR) is 187 cm³/mol. The van der Waals surface area contributed by atoms with E-state index in [2.05, 4.69) is 149 Å². The van der Waals surface area contributed by atoms with Crippen molar-refractivity contribution in [1.29, 1.82) is 0 Å². The molecule has 9 aromatic rings. The molecule has 216 valence electrons. The Morgan fingerprint density at radius 2 is 1.00 bits per heavy atom. The van der Waals surface area contributed by atoms with E-state index in [1.54, 1.807) is 0 Å². The molecule has 3 aromatic heterocycles. The molecule has 46 heavy (non-hydrogen) atoms. The molecule has 5 heteroatoms. The summed E-state index contributed by atoms with van der Waals surface area (Å²) in [5, 5.41) is 1.09. The highest BCUT2D eigenvalue weighted by molar-refractivity contribution is 6.11. The van der Waals surface area contributed by atoms with Crippen molar-refractivity contribution < 1.29 is 0 Å². The van der Waals surface area contributed by atoms with Crippen LogP contribution in [0.4, 0.5) is 0 Å². The number of benzene rings is 6. The summed E-state index contributed by atoms with van der Waals surface area (Å²) in [5.41, 5.74) is 11.0. The van der Waals surface area contributed by atoms with E-state index in [1.165, 1.54) is 0 Å². The molecule has 0 spiro atoms. The maximum Gasteiger partial charge on any atom is 0.160 e. The van der Waals surface area contributed by atoms with Crippen LogP contribution in [0.3, 0.4) is 0 Å². The van der Waals surface area contributed by atoms with Gasteiger partial charge < -0.3 is 4.57 Å². The first-order valence-corrected chi connectivity index (χ1v) is 15.4. The number of imidazole rings is 1. The van der Waals surface area contributed by atoms with E-state index < -0.39 is 0 Å². The van der Waals surface area contributed by atoms with Gasteiger partial charge in [0.05, 0.1) is 27.8 Å². The Morgan fingerprint density at radius 3 is 1.76 bits per heavy atom. The molecule has 3 heterocycles. The quantitative estimate of drug-likeness (QED) is 0.201. The van der Waals surface area contributed by atoms with E-state index in [9.17, 15) is 0 Å². The van der Waals surface area contributed by atoms with Gasteiger partial charge in [0, 0.05) is 33.5 Å². The van der Waals surface area contributed by atoms with Crippen LogP contribution in [-0.4, -0.2) is 24.1 Å². The molecule has 0 unspecified atom stereocenters. The maximum atomic E-state index is 5.32. The van der Waals surface area contributed by atoms with E-state index in [0.717, 1.165) is 72.6 Å². The first kappa shape index (κ1) is 26.1. The number of para-hydroxylation sites is 5. The standard InChI is InChI=1S/C41H27N5/c1-4-15-28(16-5-1)37-39-38(33-23-10-12-25-35(33)45(39)31-19-6-2-7-20-31)44-40(43-37)29-17-14-18-30(27-29)41-42-34-24-11-13-26-36(34)46(41)32-21-8-3-9-22-32/h1-27H. The summed E-state index contributed by atoms with van der Waals surface area (Å²) in [7, 11) is 0. The first-order chi connectivity index (χ1) is 22.8. The third kappa shape index (κ3) is 4.21. The van der Waals surface area contributed by atoms with Gasteiger partial charge in [0.15, 0.2) is 5.82 Å². The summed E-state index contributed by atoms with van der Waals surface area (Å²) in [5.74, 6) is 1.55. The van der Waals surface area contributed by atoms with Gasteiger partial charge in [0.2, 0.25) is 0 Å². The molecule has 0 amide bonds. The van der Waals surface area contributed by atoms with Crippen molar-refractivity contribution in [1.82, 2.24) is 24.1 Å². The van der Waals surface area contributed by atoms with Crippen LogP contribution in [-0.2, 0) is 0 Å². The van der Waals surface area contributed by atoms with Crippen molar-refractivity contribution >= 4 is 33.0 Å². The fraction of sp³-hybridized carbons (Fsp3) is 0. The third-order valence-corrected chi connectivity index (χ3v) is 8.52. The smallest absolute Gasteiger partial charge is 0.160 e. The van der Waals surface area contributed by atoms with Crippen molar-refractivity contribution in [3.05, 3.63) is 164 Å². The molecule has 0 bridgehead atoms. The normalized spacial score (nSPS) is 11.5. The van der Waals surface area contributed by atoms with Crippen LogP contribution in [0.5, 0.6) is 0 Å². The lowest BCUT2D eigenvalue weighted by Gasteiger charge is -2.13. The van der Waals surface area contributed by atoms with Crippen molar-refractivity contribution in [2.24, 2.45) is 0 Å². The molecule has 6 aromatic carbocycles. The molecular formula is C41H27N5. The molecule has 5 nitrogen and oxygen atoms in total. The number of aromatic nitrogens is 5. The minimum atomic E-state index is 0.673. The van der Waals surface area contributed by atoms with Crippen LogP contribution in [0.25, 0.3) is 78.4 Å². The highest BCUT2D eigenvalue weighted by Crippen LogP contribution is 2.38. The van der Waals surface area contributed by atoms with Crippen LogP contribution in [0.15, 0.2) is 164 Å². The molecule has 9 rings (SSSR count). The Hall–Kier alpha value is -6.33. The number of hydrogen-bond donors (Lipinski definition) is 0. The molecule has 0 aliphatic heterocycles. The van der Waals surface area contributed by atoms with Gasteiger partial charge >= 0.3 is 0 Å². The van der Waals surface area contributed by atoms with Crippen LogP contribution < -0.4 is 0 Å². The number of fused-ring (bicyclic) bond motifs is 4. The van der Waals surface area contributed by atoms with Gasteiger partial charge in [-0.25, -0.2) is 15.0 Å². The Bertz CT molecular complexity index is 2510. The fourth-order valence-electron chi connectivity index (χ4n) is 6.47. The predicted octanol–water partition coefficient (Wildman–Crippen LogP) is 9.91. The topological polar surface area (TPSA) is 48.5 Å². The highest BCUT2D eigenvalue weighted by atomic mass is 15.1. The Balaban J connectivity index is 1.31. The van der Waals surface area contributed by atoms with Gasteiger partial charge in [-0.3, -0.25) is 4.57 Å². The van der Waals surface area contributed by atoms with Gasteiger partial charge in [-0.1, -0.05) is 115 Å². The maximum absolute atomic E-state index is 5.32. The second-order valence-electron chi connectivity index (χ2n) is 11.3. The summed E-state index contributed by atoms with van der Waals surface area (Å²) in [6, 6.07) is 56.4. The van der Waals surface area contributed by atoms with E-state index in [0.29, 0.717) is 5.82 Å². The van der Waals surface area contributed by atoms with Gasteiger partial charge in [-0.2, -0.15) is 0 Å². The van der Waals surface area contributed by atoms with E-state index >= 15 is 0 Å². The summed E-state index contributed by atoms with van der Waals surface area (Å²) in [6.45, 7) is 0. The zero-order valence-electron chi connectivity index (χ0n) is 24.8. The third-order valence-electron chi connectivity index (χ3n) is 8.52. The average Bonchev–Trinajstić information content (AvgIpc) is 3.69. The lowest BCUT2D eigenvalue weighted by Crippen LogP contribution is -2.00. The fourth-order valence-corrected chi connectivity index (χ4v) is 6.47. The molecular weight excluding hydrogens is 562 g/mol. The molecule has 0 saturated heterocycles. The number of rotatable bonds is 5. The number of hydrogen-bond acceptors (Lipinski definition) is 3. The minimum Gasteiger partial charge on any atom is -0.306 e.